The zero-order valence-corrected chi connectivity index (χ0v) is 13.0. The Balaban J connectivity index is 2.25. The standard InChI is InChI=1S/C17H13ClN2O3/c1-23-15-6-5-11(16(21)9-15)7-12(10-19)17(22)20-14-4-2-3-13(18)8-14/h2-9,21H,1H3,(H,20,22)/b12-7+. The van der Waals surface area contributed by atoms with Crippen molar-refractivity contribution in [1.82, 2.24) is 0 Å². The largest absolute Gasteiger partial charge is 0.507 e. The lowest BCUT2D eigenvalue weighted by atomic mass is 10.1. The quantitative estimate of drug-likeness (QED) is 0.663. The van der Waals surface area contributed by atoms with Crippen LogP contribution in [0.2, 0.25) is 5.02 Å². The maximum atomic E-state index is 12.1. The molecule has 2 N–H and O–H groups in total. The minimum Gasteiger partial charge on any atom is -0.507 e. The Morgan fingerprint density at radius 2 is 2.13 bits per heavy atom. The molecule has 6 heteroatoms. The highest BCUT2D eigenvalue weighted by Gasteiger charge is 2.11. The number of anilines is 1. The molecule has 0 aliphatic rings. The Hall–Kier alpha value is -2.97. The van der Waals surface area contributed by atoms with Crippen LogP contribution in [0.25, 0.3) is 6.08 Å². The van der Waals surface area contributed by atoms with Gasteiger partial charge in [-0.1, -0.05) is 17.7 Å². The smallest absolute Gasteiger partial charge is 0.266 e. The molecule has 0 saturated carbocycles. The summed E-state index contributed by atoms with van der Waals surface area (Å²) in [6, 6.07) is 13.0. The monoisotopic (exact) mass is 328 g/mol. The van der Waals surface area contributed by atoms with Gasteiger partial charge in [0.2, 0.25) is 0 Å². The first kappa shape index (κ1) is 16.4. The van der Waals surface area contributed by atoms with Gasteiger partial charge in [-0.05, 0) is 36.4 Å². The number of ether oxygens (including phenoxy) is 1. The Bertz CT molecular complexity index is 810. The average Bonchev–Trinajstić information content (AvgIpc) is 2.53. The number of carbonyl (C=O) groups is 1. The summed E-state index contributed by atoms with van der Waals surface area (Å²) in [5.41, 5.74) is 0.664. The highest BCUT2D eigenvalue weighted by atomic mass is 35.5. The summed E-state index contributed by atoms with van der Waals surface area (Å²) < 4.78 is 4.98. The Morgan fingerprint density at radius 1 is 1.35 bits per heavy atom. The van der Waals surface area contributed by atoms with Gasteiger partial charge in [-0.25, -0.2) is 0 Å². The van der Waals surface area contributed by atoms with E-state index in [1.54, 1.807) is 36.4 Å². The van der Waals surface area contributed by atoms with E-state index in [2.05, 4.69) is 5.32 Å². The molecule has 0 saturated heterocycles. The molecular formula is C17H13ClN2O3. The first-order chi connectivity index (χ1) is 11.0. The molecule has 0 unspecified atom stereocenters. The van der Waals surface area contributed by atoms with Gasteiger partial charge in [-0.15, -0.1) is 0 Å². The van der Waals surface area contributed by atoms with Crippen LogP contribution in [0.15, 0.2) is 48.0 Å². The van der Waals surface area contributed by atoms with Gasteiger partial charge in [0, 0.05) is 22.3 Å². The van der Waals surface area contributed by atoms with Crippen LogP contribution in [0.4, 0.5) is 5.69 Å². The summed E-state index contributed by atoms with van der Waals surface area (Å²) in [4.78, 5) is 12.1. The molecule has 0 aliphatic heterocycles. The van der Waals surface area contributed by atoms with Gasteiger partial charge in [0.1, 0.15) is 23.1 Å². The van der Waals surface area contributed by atoms with Crippen LogP contribution in [0.5, 0.6) is 11.5 Å². The van der Waals surface area contributed by atoms with Gasteiger partial charge in [0.05, 0.1) is 7.11 Å². The Kier molecular flexibility index (Phi) is 5.23. The zero-order valence-electron chi connectivity index (χ0n) is 12.2. The van der Waals surface area contributed by atoms with E-state index in [1.807, 2.05) is 6.07 Å². The number of nitrogens with zero attached hydrogens (tertiary/aromatic N) is 1. The third kappa shape index (κ3) is 4.25. The number of nitriles is 1. The Morgan fingerprint density at radius 3 is 2.74 bits per heavy atom. The molecule has 0 aliphatic carbocycles. The van der Waals surface area contributed by atoms with Gasteiger partial charge < -0.3 is 15.2 Å². The molecule has 23 heavy (non-hydrogen) atoms. The minimum absolute atomic E-state index is 0.0901. The number of hydrogen-bond donors (Lipinski definition) is 2. The van der Waals surface area contributed by atoms with Gasteiger partial charge in [-0.3, -0.25) is 4.79 Å². The second kappa shape index (κ2) is 7.34. The molecule has 0 fully saturated rings. The molecule has 2 rings (SSSR count). The first-order valence-corrected chi connectivity index (χ1v) is 6.97. The molecule has 0 spiro atoms. The van der Waals surface area contributed by atoms with Crippen LogP contribution in [-0.4, -0.2) is 18.1 Å². The third-order valence-electron chi connectivity index (χ3n) is 2.99. The summed E-state index contributed by atoms with van der Waals surface area (Å²) in [5.74, 6) is -0.209. The molecule has 0 heterocycles. The fourth-order valence-corrected chi connectivity index (χ4v) is 2.03. The van der Waals surface area contributed by atoms with Crippen LogP contribution in [0.1, 0.15) is 5.56 Å². The molecular weight excluding hydrogens is 316 g/mol. The van der Waals surface area contributed by atoms with Crippen LogP contribution in [0, 0.1) is 11.3 Å². The van der Waals surface area contributed by atoms with Crippen molar-refractivity contribution in [3.63, 3.8) is 0 Å². The molecule has 0 aromatic heterocycles. The average molecular weight is 329 g/mol. The molecule has 0 atom stereocenters. The van der Waals surface area contributed by atoms with E-state index in [4.69, 9.17) is 16.3 Å². The number of phenolic OH excluding ortho intramolecular Hbond substituents is 1. The summed E-state index contributed by atoms with van der Waals surface area (Å²) >= 11 is 5.85. The highest BCUT2D eigenvalue weighted by Crippen LogP contribution is 2.25. The maximum absolute atomic E-state index is 12.1. The second-order valence-electron chi connectivity index (χ2n) is 4.56. The topological polar surface area (TPSA) is 82.3 Å². The van der Waals surface area contributed by atoms with Gasteiger partial charge in [0.25, 0.3) is 5.91 Å². The fraction of sp³-hybridized carbons (Fsp3) is 0.0588. The normalized spacial score (nSPS) is 10.7. The van der Waals surface area contributed by atoms with Crippen molar-refractivity contribution in [3.8, 4) is 17.6 Å². The predicted molar refractivity (Wildman–Crippen MR) is 88.3 cm³/mol. The van der Waals surface area contributed by atoms with Crippen LogP contribution in [-0.2, 0) is 4.79 Å². The number of methoxy groups -OCH3 is 1. The summed E-state index contributed by atoms with van der Waals surface area (Å²) in [6.45, 7) is 0. The van der Waals surface area contributed by atoms with E-state index >= 15 is 0 Å². The number of phenols is 1. The summed E-state index contributed by atoms with van der Waals surface area (Å²) in [5, 5.41) is 22.1. The first-order valence-electron chi connectivity index (χ1n) is 6.59. The zero-order chi connectivity index (χ0) is 16.8. The van der Waals surface area contributed by atoms with Crippen molar-refractivity contribution < 1.29 is 14.6 Å². The lowest BCUT2D eigenvalue weighted by Crippen LogP contribution is -2.13. The van der Waals surface area contributed by atoms with E-state index in [1.165, 1.54) is 19.3 Å². The maximum Gasteiger partial charge on any atom is 0.266 e. The van der Waals surface area contributed by atoms with E-state index in [-0.39, 0.29) is 11.3 Å². The van der Waals surface area contributed by atoms with Crippen molar-refractivity contribution in [3.05, 3.63) is 58.6 Å². The lowest BCUT2D eigenvalue weighted by molar-refractivity contribution is -0.112. The van der Waals surface area contributed by atoms with Crippen LogP contribution in [0.3, 0.4) is 0 Å². The molecule has 5 nitrogen and oxygen atoms in total. The van der Waals surface area contributed by atoms with Crippen molar-refractivity contribution in [1.29, 1.82) is 5.26 Å². The fourth-order valence-electron chi connectivity index (χ4n) is 1.84. The van der Waals surface area contributed by atoms with E-state index in [9.17, 15) is 15.2 Å². The number of nitrogens with one attached hydrogen (secondary N) is 1. The van der Waals surface area contributed by atoms with E-state index in [0.717, 1.165) is 0 Å². The predicted octanol–water partition coefficient (Wildman–Crippen LogP) is 3.60. The SMILES string of the molecule is COc1ccc(/C=C(\C#N)C(=O)Nc2cccc(Cl)c2)c(O)c1. The molecule has 1 amide bonds. The number of amides is 1. The lowest BCUT2D eigenvalue weighted by Gasteiger charge is -2.06. The van der Waals surface area contributed by atoms with Gasteiger partial charge >= 0.3 is 0 Å². The molecule has 0 radical (unpaired) electrons. The summed E-state index contributed by atoms with van der Waals surface area (Å²) in [7, 11) is 1.48. The number of hydrogen-bond acceptors (Lipinski definition) is 4. The summed E-state index contributed by atoms with van der Waals surface area (Å²) in [6.07, 6.45) is 1.30. The number of benzene rings is 2. The van der Waals surface area contributed by atoms with Gasteiger partial charge in [-0.2, -0.15) is 5.26 Å². The molecule has 2 aromatic carbocycles. The van der Waals surface area contributed by atoms with Crippen LogP contribution < -0.4 is 10.1 Å². The van der Waals surface area contributed by atoms with Crippen molar-refractivity contribution in [2.75, 3.05) is 12.4 Å². The van der Waals surface area contributed by atoms with Crippen LogP contribution >= 0.6 is 11.6 Å². The third-order valence-corrected chi connectivity index (χ3v) is 3.22. The number of carbonyl (C=O) groups excluding carboxylic acids is 1. The molecule has 0 bridgehead atoms. The Labute approximate surface area is 138 Å². The van der Waals surface area contributed by atoms with Gasteiger partial charge in [0.15, 0.2) is 0 Å². The van der Waals surface area contributed by atoms with E-state index in [0.29, 0.717) is 22.0 Å². The van der Waals surface area contributed by atoms with Crippen molar-refractivity contribution >= 4 is 29.3 Å². The highest BCUT2D eigenvalue weighted by molar-refractivity contribution is 6.31. The second-order valence-corrected chi connectivity index (χ2v) is 5.00. The van der Waals surface area contributed by atoms with E-state index < -0.39 is 5.91 Å². The number of halogens is 1. The molecule has 2 aromatic rings. The number of rotatable bonds is 4. The minimum atomic E-state index is -0.593. The van der Waals surface area contributed by atoms with Crippen molar-refractivity contribution in [2.24, 2.45) is 0 Å². The molecule has 116 valence electrons. The number of aromatic hydroxyl groups is 1. The van der Waals surface area contributed by atoms with Crippen molar-refractivity contribution in [2.45, 2.75) is 0 Å².